The number of thiophene rings is 2. The van der Waals surface area contributed by atoms with E-state index < -0.39 is 7.26 Å². The van der Waals surface area contributed by atoms with Gasteiger partial charge in [0, 0.05) is 11.4 Å². The minimum atomic E-state index is -2.58. The van der Waals surface area contributed by atoms with Crippen LogP contribution in [0.25, 0.3) is 17.2 Å². The molecule has 3 aliphatic rings. The Labute approximate surface area is 384 Å². The number of amides is 2. The number of ether oxygens (including phenoxy) is 1. The molecule has 0 spiro atoms. The van der Waals surface area contributed by atoms with E-state index in [2.05, 4.69) is 172 Å². The second kappa shape index (κ2) is 18.8. The third-order valence-corrected chi connectivity index (χ3v) is 18.6. The van der Waals surface area contributed by atoms with Crippen LogP contribution in [0.3, 0.4) is 0 Å². The van der Waals surface area contributed by atoms with E-state index >= 15 is 0 Å². The van der Waals surface area contributed by atoms with E-state index in [0.717, 1.165) is 52.9 Å². The quantitative estimate of drug-likeness (QED) is 0.0796. The molecule has 0 unspecified atom stereocenters. The van der Waals surface area contributed by atoms with Crippen LogP contribution < -0.4 is 25.7 Å². The third-order valence-electron chi connectivity index (χ3n) is 11.1. The molecule has 2 amide bonds. The molecule has 9 heteroatoms. The van der Waals surface area contributed by atoms with Crippen LogP contribution in [0.1, 0.15) is 61.1 Å². The number of anilines is 2. The molecule has 5 aromatic rings. The van der Waals surface area contributed by atoms with Crippen molar-refractivity contribution in [3.63, 3.8) is 0 Å². The Morgan fingerprint density at radius 2 is 1.24 bits per heavy atom. The number of carbonyl (C=O) groups excluding carboxylic acids is 2. The number of fused-ring (bicyclic) bond motifs is 2. The summed E-state index contributed by atoms with van der Waals surface area (Å²) in [4.78, 5) is 36.5. The van der Waals surface area contributed by atoms with Gasteiger partial charge in [-0.2, -0.15) is 0 Å². The molecule has 1 fully saturated rings. The van der Waals surface area contributed by atoms with Gasteiger partial charge in [-0.25, -0.2) is 0 Å². The van der Waals surface area contributed by atoms with E-state index in [1.54, 1.807) is 29.3 Å². The van der Waals surface area contributed by atoms with Gasteiger partial charge in [0.1, 0.15) is 0 Å². The van der Waals surface area contributed by atoms with Gasteiger partial charge in [0.05, 0.1) is 0 Å². The number of nitrogens with zero attached hydrogens (tertiary/aromatic N) is 2. The summed E-state index contributed by atoms with van der Waals surface area (Å²) >= 11 is 4.82. The Bertz CT molecular complexity index is 2710. The topological polar surface area (TPSA) is 49.9 Å². The molecule has 5 nitrogen and oxygen atoms in total. The predicted molar refractivity (Wildman–Crippen MR) is 260 cm³/mol. The van der Waals surface area contributed by atoms with Crippen LogP contribution in [0.2, 0.25) is 0 Å². The molecule has 8 rings (SSSR count). The molecule has 1 saturated heterocycles. The van der Waals surface area contributed by atoms with Crippen LogP contribution in [0.5, 0.6) is 0 Å². The summed E-state index contributed by atoms with van der Waals surface area (Å²) in [6.45, 7) is 14.7. The summed E-state index contributed by atoms with van der Waals surface area (Å²) in [5, 5.41) is 4.69. The van der Waals surface area contributed by atoms with Gasteiger partial charge in [0.2, 0.25) is 0 Å². The molecule has 3 aromatic carbocycles. The number of carbonyl (C=O) groups is 2. The van der Waals surface area contributed by atoms with E-state index in [1.807, 2.05) is 22.8 Å². The molecule has 0 saturated carbocycles. The second-order valence-electron chi connectivity index (χ2n) is 16.3. The summed E-state index contributed by atoms with van der Waals surface area (Å²) in [5.74, 6) is 7.61. The molecule has 313 valence electrons. The Hall–Kier alpha value is -4.93. The monoisotopic (exact) mass is 1050 g/mol. The van der Waals surface area contributed by atoms with Gasteiger partial charge >= 0.3 is 331 Å². The Morgan fingerprint density at radius 1 is 0.742 bits per heavy atom. The van der Waals surface area contributed by atoms with Gasteiger partial charge in [-0.1, -0.05) is 19.9 Å². The molecular weight excluding hydrogens is 998 g/mol. The zero-order valence-corrected chi connectivity index (χ0v) is 40.9. The van der Waals surface area contributed by atoms with Crippen molar-refractivity contribution in [2.45, 2.75) is 41.5 Å². The summed E-state index contributed by atoms with van der Waals surface area (Å²) < 4.78 is 9.81. The molecule has 0 N–H and O–H groups in total. The van der Waals surface area contributed by atoms with Crippen molar-refractivity contribution in [2.75, 3.05) is 36.1 Å². The van der Waals surface area contributed by atoms with Crippen LogP contribution >= 0.6 is 29.9 Å². The summed E-state index contributed by atoms with van der Waals surface area (Å²) in [5.41, 5.74) is 5.83. The summed E-state index contributed by atoms with van der Waals surface area (Å²) in [6.07, 6.45) is 8.43. The fourth-order valence-corrected chi connectivity index (χ4v) is 16.4. The van der Waals surface area contributed by atoms with Crippen LogP contribution in [0.4, 0.5) is 11.4 Å². The van der Waals surface area contributed by atoms with Crippen molar-refractivity contribution in [3.8, 4) is 16.2 Å². The van der Waals surface area contributed by atoms with Crippen molar-refractivity contribution in [3.05, 3.63) is 163 Å². The van der Waals surface area contributed by atoms with Crippen LogP contribution in [0.15, 0.2) is 143 Å². The average molecular weight is 1050 g/mol. The molecule has 0 bridgehead atoms. The first-order chi connectivity index (χ1) is 30.1. The maximum absolute atomic E-state index is 14.7. The fourth-order valence-electron chi connectivity index (χ4n) is 8.47. The molecule has 0 atom stereocenters. The summed E-state index contributed by atoms with van der Waals surface area (Å²) in [7, 11) is -2.58. The number of allylic oxidation sites excluding steroid dienone is 5. The number of rotatable bonds is 10. The van der Waals surface area contributed by atoms with Gasteiger partial charge in [-0.3, -0.25) is 0 Å². The van der Waals surface area contributed by atoms with Gasteiger partial charge in [-0.15, -0.1) is 0 Å². The number of benzene rings is 3. The van der Waals surface area contributed by atoms with Crippen molar-refractivity contribution in [2.24, 2.45) is 11.8 Å². The maximum atomic E-state index is 14.7. The molecule has 0 radical (unpaired) electrons. The van der Waals surface area contributed by atoms with E-state index in [4.69, 9.17) is 4.74 Å². The van der Waals surface area contributed by atoms with E-state index in [9.17, 15) is 9.59 Å². The first-order valence-electron chi connectivity index (χ1n) is 21.0. The van der Waals surface area contributed by atoms with E-state index in [1.165, 1.54) is 27.3 Å². The van der Waals surface area contributed by atoms with Gasteiger partial charge < -0.3 is 0 Å². The first kappa shape index (κ1) is 43.7. The first-order valence-corrected chi connectivity index (χ1v) is 25.7. The predicted octanol–water partition coefficient (Wildman–Crippen LogP) is 10.8. The van der Waals surface area contributed by atoms with Gasteiger partial charge in [0.25, 0.3) is 0 Å². The Kier molecular flexibility index (Phi) is 13.3. The fraction of sp³-hybridized carbons (Fsp3) is 0.226. The molecule has 2 aromatic heterocycles. The third kappa shape index (κ3) is 8.09. The van der Waals surface area contributed by atoms with Crippen molar-refractivity contribution < 1.29 is 32.3 Å². The van der Waals surface area contributed by atoms with Crippen LogP contribution in [0, 0.1) is 28.0 Å². The Morgan fingerprint density at radius 3 is 1.73 bits per heavy atom. The van der Waals surface area contributed by atoms with Crippen molar-refractivity contribution in [1.82, 2.24) is 0 Å². The zero-order chi connectivity index (χ0) is 43.5. The van der Waals surface area contributed by atoms with E-state index in [-0.39, 0.29) is 23.7 Å². The van der Waals surface area contributed by atoms with Crippen molar-refractivity contribution in [1.29, 1.82) is 0 Å². The van der Waals surface area contributed by atoms with Crippen LogP contribution in [-0.2, 0) is 32.3 Å². The Balaban J connectivity index is 1.38. The molecule has 3 aliphatic heterocycles. The molecule has 0 aliphatic carbocycles. The SMILES string of the molecule is CC=C1COCC1=CC(C#Cc1cc2c(s1)/C(=C1\C(=O)N(CC(C)C)c3cc(/C=C/C)sc31)C(=O)N2CC(C)C)=C([C]#[Os])[P+](c1ccccc1)(c1ccccc1)c1ccccc1. The number of hydrogen-bond acceptors (Lipinski definition) is 5. The van der Waals surface area contributed by atoms with Crippen molar-refractivity contribution >= 4 is 86.3 Å². The minimum absolute atomic E-state index is 0.105. The molecule has 5 heterocycles. The van der Waals surface area contributed by atoms with E-state index in [0.29, 0.717) is 37.4 Å². The normalized spacial score (nSPS) is 18.0. The van der Waals surface area contributed by atoms with Crippen LogP contribution in [-0.4, -0.2) is 38.1 Å². The summed E-state index contributed by atoms with van der Waals surface area (Å²) in [6, 6.07) is 36.6. The molecular formula is C53H49N2O3OsPS2+. The zero-order valence-electron chi connectivity index (χ0n) is 35.8. The number of hydrogen-bond donors (Lipinski definition) is 0. The standard InChI is InChI=1S/C53H49N2O3PS2.Os/c1-8-19-44-29-46-50(60-44)48(52(56)54(46)31-35(3)4)49-51-47(55(53(49)57)32-36(5)6)30-45(61-51)27-26-39(28-40-34-58-33-38(40)9-2)37(7)59(41-20-13-10-14-21-41,42-22-15-11-16-23-42)43-24-17-12-18-25-43;/h8-25,28-30,35-36H,31-34H2,1-6H3;/q+1;/b19-8+,38-9?,39-37?,40-28?,49-48+;. The second-order valence-corrected chi connectivity index (χ2v) is 22.4. The average Bonchev–Trinajstić information content (AvgIpc) is 4.10. The molecule has 62 heavy (non-hydrogen) atoms. The van der Waals surface area contributed by atoms with Gasteiger partial charge in [-0.05, 0) is 25.0 Å². The van der Waals surface area contributed by atoms with Gasteiger partial charge in [0.15, 0.2) is 0 Å².